The predicted molar refractivity (Wildman–Crippen MR) is 82.5 cm³/mol. The third-order valence-electron chi connectivity index (χ3n) is 2.86. The standard InChI is InChI=1S/C15H10ClN5O/c16-11-3-1-10(2-4-11)13-5-14(20-9-19-13)15(22)21-12-6-17-8-18-7-12/h1-9H,(H,21,22). The Kier molecular flexibility index (Phi) is 4.02. The Morgan fingerprint density at radius 2 is 1.73 bits per heavy atom. The minimum Gasteiger partial charge on any atom is -0.318 e. The molecule has 3 rings (SSSR count). The molecule has 0 unspecified atom stereocenters. The van der Waals surface area contributed by atoms with E-state index in [2.05, 4.69) is 25.3 Å². The first-order chi connectivity index (χ1) is 10.7. The number of benzene rings is 1. The molecule has 1 N–H and O–H groups in total. The van der Waals surface area contributed by atoms with E-state index in [4.69, 9.17) is 11.6 Å². The van der Waals surface area contributed by atoms with Gasteiger partial charge in [0.2, 0.25) is 0 Å². The summed E-state index contributed by atoms with van der Waals surface area (Å²) in [6.07, 6.45) is 5.75. The van der Waals surface area contributed by atoms with Crippen molar-refractivity contribution in [2.75, 3.05) is 5.32 Å². The Bertz CT molecular complexity index is 793. The minimum absolute atomic E-state index is 0.254. The van der Waals surface area contributed by atoms with E-state index in [-0.39, 0.29) is 11.6 Å². The molecule has 108 valence electrons. The average molecular weight is 312 g/mol. The van der Waals surface area contributed by atoms with Crippen LogP contribution in [0.1, 0.15) is 10.5 Å². The van der Waals surface area contributed by atoms with E-state index in [0.717, 1.165) is 5.56 Å². The van der Waals surface area contributed by atoms with Crippen molar-refractivity contribution in [3.63, 3.8) is 0 Å². The van der Waals surface area contributed by atoms with Gasteiger partial charge in [-0.1, -0.05) is 23.7 Å². The van der Waals surface area contributed by atoms with Crippen LogP contribution in [-0.4, -0.2) is 25.8 Å². The molecule has 0 aliphatic rings. The minimum atomic E-state index is -0.354. The fraction of sp³-hybridized carbons (Fsp3) is 0. The highest BCUT2D eigenvalue weighted by atomic mass is 35.5. The van der Waals surface area contributed by atoms with Crippen LogP contribution < -0.4 is 5.32 Å². The average Bonchev–Trinajstić information content (AvgIpc) is 2.56. The van der Waals surface area contributed by atoms with Gasteiger partial charge >= 0.3 is 0 Å². The summed E-state index contributed by atoms with van der Waals surface area (Å²) in [4.78, 5) is 28.0. The Labute approximate surface area is 131 Å². The molecule has 6 nitrogen and oxygen atoms in total. The van der Waals surface area contributed by atoms with Crippen LogP contribution in [0.5, 0.6) is 0 Å². The van der Waals surface area contributed by atoms with Gasteiger partial charge in [-0.3, -0.25) is 4.79 Å². The van der Waals surface area contributed by atoms with Crippen LogP contribution in [0, 0.1) is 0 Å². The van der Waals surface area contributed by atoms with E-state index in [1.165, 1.54) is 25.0 Å². The van der Waals surface area contributed by atoms with E-state index in [1.54, 1.807) is 18.2 Å². The largest absolute Gasteiger partial charge is 0.318 e. The molecule has 0 fully saturated rings. The van der Waals surface area contributed by atoms with E-state index in [0.29, 0.717) is 16.4 Å². The van der Waals surface area contributed by atoms with Gasteiger partial charge in [0, 0.05) is 10.6 Å². The molecule has 2 heterocycles. The maximum absolute atomic E-state index is 12.2. The molecular weight excluding hydrogens is 302 g/mol. The number of hydrogen-bond donors (Lipinski definition) is 1. The van der Waals surface area contributed by atoms with Crippen LogP contribution in [0.2, 0.25) is 5.02 Å². The number of carbonyl (C=O) groups is 1. The van der Waals surface area contributed by atoms with Crippen LogP contribution in [0.25, 0.3) is 11.3 Å². The molecule has 0 saturated carbocycles. The van der Waals surface area contributed by atoms with Gasteiger partial charge in [-0.25, -0.2) is 19.9 Å². The van der Waals surface area contributed by atoms with Crippen LogP contribution in [0.15, 0.2) is 55.4 Å². The summed E-state index contributed by atoms with van der Waals surface area (Å²) in [5.41, 5.74) is 2.24. The van der Waals surface area contributed by atoms with E-state index in [1.807, 2.05) is 12.1 Å². The Morgan fingerprint density at radius 3 is 2.45 bits per heavy atom. The van der Waals surface area contributed by atoms with Crippen molar-refractivity contribution in [3.05, 3.63) is 66.1 Å². The molecule has 0 atom stereocenters. The molecule has 22 heavy (non-hydrogen) atoms. The van der Waals surface area contributed by atoms with Crippen molar-refractivity contribution in [2.24, 2.45) is 0 Å². The molecular formula is C15H10ClN5O. The summed E-state index contributed by atoms with van der Waals surface area (Å²) in [5.74, 6) is -0.354. The van der Waals surface area contributed by atoms with E-state index >= 15 is 0 Å². The third kappa shape index (κ3) is 3.24. The summed E-state index contributed by atoms with van der Waals surface area (Å²) in [6, 6.07) is 8.80. The van der Waals surface area contributed by atoms with Gasteiger partial charge in [0.1, 0.15) is 18.3 Å². The van der Waals surface area contributed by atoms with Gasteiger partial charge in [-0.2, -0.15) is 0 Å². The number of hydrogen-bond acceptors (Lipinski definition) is 5. The molecule has 0 radical (unpaired) electrons. The summed E-state index contributed by atoms with van der Waals surface area (Å²) < 4.78 is 0. The van der Waals surface area contributed by atoms with Crippen molar-refractivity contribution in [1.82, 2.24) is 19.9 Å². The Morgan fingerprint density at radius 1 is 1.00 bits per heavy atom. The molecule has 0 bridgehead atoms. The predicted octanol–water partition coefficient (Wildman–Crippen LogP) is 2.84. The second-order valence-corrected chi connectivity index (χ2v) is 4.81. The van der Waals surface area contributed by atoms with E-state index in [9.17, 15) is 4.79 Å². The molecule has 0 aliphatic heterocycles. The molecule has 1 amide bonds. The maximum atomic E-state index is 12.2. The Hall–Kier alpha value is -2.86. The summed E-state index contributed by atoms with van der Waals surface area (Å²) in [6.45, 7) is 0. The van der Waals surface area contributed by atoms with E-state index < -0.39 is 0 Å². The van der Waals surface area contributed by atoms with Gasteiger partial charge in [0.05, 0.1) is 23.8 Å². The molecule has 0 saturated heterocycles. The number of rotatable bonds is 3. The lowest BCUT2D eigenvalue weighted by molar-refractivity contribution is 0.102. The van der Waals surface area contributed by atoms with Crippen molar-refractivity contribution >= 4 is 23.2 Å². The number of aromatic nitrogens is 4. The monoisotopic (exact) mass is 311 g/mol. The number of nitrogens with zero attached hydrogens (tertiary/aromatic N) is 4. The number of carbonyl (C=O) groups excluding carboxylic acids is 1. The molecule has 2 aromatic heterocycles. The second-order valence-electron chi connectivity index (χ2n) is 4.38. The molecule has 0 spiro atoms. The van der Waals surface area contributed by atoms with Gasteiger partial charge in [0.15, 0.2) is 0 Å². The topological polar surface area (TPSA) is 80.7 Å². The summed E-state index contributed by atoms with van der Waals surface area (Å²) in [7, 11) is 0. The van der Waals surface area contributed by atoms with Crippen LogP contribution >= 0.6 is 11.6 Å². The van der Waals surface area contributed by atoms with Crippen LogP contribution in [0.3, 0.4) is 0 Å². The van der Waals surface area contributed by atoms with Gasteiger partial charge in [-0.15, -0.1) is 0 Å². The third-order valence-corrected chi connectivity index (χ3v) is 3.11. The molecule has 0 aliphatic carbocycles. The lowest BCUT2D eigenvalue weighted by atomic mass is 10.1. The van der Waals surface area contributed by atoms with Crippen molar-refractivity contribution in [1.29, 1.82) is 0 Å². The van der Waals surface area contributed by atoms with Crippen LogP contribution in [0.4, 0.5) is 5.69 Å². The number of anilines is 1. The van der Waals surface area contributed by atoms with Crippen LogP contribution in [-0.2, 0) is 0 Å². The van der Waals surface area contributed by atoms with Gasteiger partial charge in [-0.05, 0) is 18.2 Å². The number of halogens is 1. The number of nitrogens with one attached hydrogen (secondary N) is 1. The second kappa shape index (κ2) is 6.28. The Balaban J connectivity index is 1.84. The highest BCUT2D eigenvalue weighted by Gasteiger charge is 2.10. The summed E-state index contributed by atoms with van der Waals surface area (Å²) in [5, 5.41) is 3.31. The highest BCUT2D eigenvalue weighted by Crippen LogP contribution is 2.19. The molecule has 3 aromatic rings. The lowest BCUT2D eigenvalue weighted by Crippen LogP contribution is -2.14. The zero-order valence-electron chi connectivity index (χ0n) is 11.3. The van der Waals surface area contributed by atoms with Crippen molar-refractivity contribution in [3.8, 4) is 11.3 Å². The zero-order valence-corrected chi connectivity index (χ0v) is 12.0. The zero-order chi connectivity index (χ0) is 15.4. The smallest absolute Gasteiger partial charge is 0.274 e. The fourth-order valence-electron chi connectivity index (χ4n) is 1.82. The summed E-state index contributed by atoms with van der Waals surface area (Å²) >= 11 is 5.86. The molecule has 7 heteroatoms. The first-order valence-corrected chi connectivity index (χ1v) is 6.74. The number of amides is 1. The van der Waals surface area contributed by atoms with Gasteiger partial charge in [0.25, 0.3) is 5.91 Å². The normalized spacial score (nSPS) is 10.2. The quantitative estimate of drug-likeness (QED) is 0.804. The molecule has 1 aromatic carbocycles. The fourth-order valence-corrected chi connectivity index (χ4v) is 1.94. The highest BCUT2D eigenvalue weighted by molar-refractivity contribution is 6.30. The SMILES string of the molecule is O=C(Nc1cncnc1)c1cc(-c2ccc(Cl)cc2)ncn1. The van der Waals surface area contributed by atoms with Gasteiger partial charge < -0.3 is 5.32 Å². The lowest BCUT2D eigenvalue weighted by Gasteiger charge is -2.05. The van der Waals surface area contributed by atoms with Crippen molar-refractivity contribution in [2.45, 2.75) is 0 Å². The first-order valence-electron chi connectivity index (χ1n) is 6.37. The first kappa shape index (κ1) is 14.1. The maximum Gasteiger partial charge on any atom is 0.274 e. The van der Waals surface area contributed by atoms with Crippen molar-refractivity contribution < 1.29 is 4.79 Å².